The Morgan fingerprint density at radius 1 is 1.00 bits per heavy atom. The van der Waals surface area contributed by atoms with Crippen LogP contribution in [0.3, 0.4) is 0 Å². The lowest BCUT2D eigenvalue weighted by Gasteiger charge is -2.30. The molecule has 1 aromatic carbocycles. The summed E-state index contributed by atoms with van der Waals surface area (Å²) in [6.07, 6.45) is 4.21. The zero-order chi connectivity index (χ0) is 27.1. The van der Waals surface area contributed by atoms with Crippen molar-refractivity contribution in [3.05, 3.63) is 71.7 Å². The largest absolute Gasteiger partial charge is 0.451 e. The second kappa shape index (κ2) is 12.5. The molecule has 1 aliphatic carbocycles. The van der Waals surface area contributed by atoms with E-state index in [9.17, 15) is 19.5 Å². The third-order valence-electron chi connectivity index (χ3n) is 6.64. The molecule has 2 aromatic heterocycles. The van der Waals surface area contributed by atoms with Crippen LogP contribution in [0, 0.1) is 12.8 Å². The molecule has 38 heavy (non-hydrogen) atoms. The molecule has 9 heteroatoms. The summed E-state index contributed by atoms with van der Waals surface area (Å²) in [7, 11) is 0. The minimum atomic E-state index is -0.694. The first kappa shape index (κ1) is 27.1. The van der Waals surface area contributed by atoms with Gasteiger partial charge in [0.25, 0.3) is 11.8 Å². The van der Waals surface area contributed by atoms with Gasteiger partial charge in [-0.3, -0.25) is 14.4 Å². The van der Waals surface area contributed by atoms with E-state index in [4.69, 9.17) is 4.42 Å². The van der Waals surface area contributed by atoms with Gasteiger partial charge in [-0.05, 0) is 81.1 Å². The first-order chi connectivity index (χ1) is 18.3. The van der Waals surface area contributed by atoms with E-state index in [1.807, 2.05) is 13.0 Å². The molecule has 1 saturated carbocycles. The van der Waals surface area contributed by atoms with Crippen molar-refractivity contribution in [2.24, 2.45) is 5.92 Å². The van der Waals surface area contributed by atoms with Gasteiger partial charge in [0.15, 0.2) is 5.76 Å². The molecule has 3 amide bonds. The number of hydrogen-bond acceptors (Lipinski definition) is 6. The topological polar surface area (TPSA) is 134 Å². The van der Waals surface area contributed by atoms with Gasteiger partial charge in [-0.15, -0.1) is 0 Å². The van der Waals surface area contributed by atoms with Crippen LogP contribution in [0.15, 0.2) is 59.0 Å². The van der Waals surface area contributed by atoms with Gasteiger partial charge < -0.3 is 25.5 Å². The van der Waals surface area contributed by atoms with Crippen molar-refractivity contribution >= 4 is 23.4 Å². The smallest absolute Gasteiger partial charge is 0.287 e. The Hall–Kier alpha value is -3.98. The summed E-state index contributed by atoms with van der Waals surface area (Å²) in [4.78, 5) is 42.6. The molecule has 2 heterocycles. The molecular formula is C29H34N4O5. The maximum atomic E-state index is 13.0. The Kier molecular flexibility index (Phi) is 8.91. The fraction of sp³-hybridized carbons (Fsp3) is 0.379. The lowest BCUT2D eigenvalue weighted by molar-refractivity contribution is -0.125. The molecule has 4 rings (SSSR count). The highest BCUT2D eigenvalue weighted by atomic mass is 16.4. The fourth-order valence-electron chi connectivity index (χ4n) is 4.63. The van der Waals surface area contributed by atoms with Gasteiger partial charge >= 0.3 is 0 Å². The van der Waals surface area contributed by atoms with Gasteiger partial charge in [0.2, 0.25) is 5.91 Å². The number of pyridine rings is 1. The highest BCUT2D eigenvalue weighted by Gasteiger charge is 2.32. The third kappa shape index (κ3) is 7.07. The number of anilines is 1. The highest BCUT2D eigenvalue weighted by Crippen LogP contribution is 2.28. The number of aliphatic hydroxyl groups excluding tert-OH is 1. The average Bonchev–Trinajstić information content (AvgIpc) is 3.42. The second-order valence-corrected chi connectivity index (χ2v) is 9.80. The quantitative estimate of drug-likeness (QED) is 0.337. The summed E-state index contributed by atoms with van der Waals surface area (Å²) < 4.78 is 5.82. The molecule has 1 aliphatic rings. The standard InChI is InChI=1S/C29H34N4O5/c1-18-7-6-10-23(31-18)27(35)32-22-13-11-20(12-14-22)24-15-16-25(38-24)28(36)33-26(21-8-4-3-5-9-21)29(37)30-17-19(2)34/h6-7,10-16,19,21,26,34H,3-5,8-9,17H2,1-2H3,(H,30,37)(H,32,35)(H,33,36). The van der Waals surface area contributed by atoms with E-state index in [0.717, 1.165) is 43.4 Å². The summed E-state index contributed by atoms with van der Waals surface area (Å²) in [5, 5.41) is 18.0. The number of hydrogen-bond donors (Lipinski definition) is 4. The van der Waals surface area contributed by atoms with E-state index in [-0.39, 0.29) is 30.0 Å². The van der Waals surface area contributed by atoms with Crippen LogP contribution >= 0.6 is 0 Å². The van der Waals surface area contributed by atoms with Gasteiger partial charge in [-0.25, -0.2) is 4.98 Å². The van der Waals surface area contributed by atoms with E-state index in [1.165, 1.54) is 0 Å². The van der Waals surface area contributed by atoms with Gasteiger partial charge in [-0.1, -0.05) is 25.3 Å². The molecule has 3 aromatic rings. The molecule has 0 saturated heterocycles. The van der Waals surface area contributed by atoms with Crippen molar-refractivity contribution in [1.82, 2.24) is 15.6 Å². The number of carbonyl (C=O) groups excluding carboxylic acids is 3. The number of aliphatic hydroxyl groups is 1. The fourth-order valence-corrected chi connectivity index (χ4v) is 4.63. The number of aryl methyl sites for hydroxylation is 1. The second-order valence-electron chi connectivity index (χ2n) is 9.80. The molecule has 0 bridgehead atoms. The monoisotopic (exact) mass is 518 g/mol. The van der Waals surface area contributed by atoms with Crippen LogP contribution in [0.25, 0.3) is 11.3 Å². The Bertz CT molecular complexity index is 1260. The van der Waals surface area contributed by atoms with Crippen molar-refractivity contribution < 1.29 is 23.9 Å². The van der Waals surface area contributed by atoms with Gasteiger partial charge in [0.05, 0.1) is 6.10 Å². The number of aromatic nitrogens is 1. The lowest BCUT2D eigenvalue weighted by Crippen LogP contribution is -2.52. The number of benzene rings is 1. The maximum absolute atomic E-state index is 13.0. The molecule has 9 nitrogen and oxygen atoms in total. The summed E-state index contributed by atoms with van der Waals surface area (Å²) in [6, 6.07) is 14.9. The first-order valence-electron chi connectivity index (χ1n) is 13.0. The summed E-state index contributed by atoms with van der Waals surface area (Å²) in [5.74, 6) is -0.435. The molecular weight excluding hydrogens is 484 g/mol. The number of furan rings is 1. The number of nitrogens with zero attached hydrogens (tertiary/aromatic N) is 1. The third-order valence-corrected chi connectivity index (χ3v) is 6.64. The SMILES string of the molecule is Cc1cccc(C(=O)Nc2ccc(-c3ccc(C(=O)NC(C(=O)NCC(C)O)C4CCCCC4)o3)cc2)n1. The number of carbonyl (C=O) groups is 3. The minimum Gasteiger partial charge on any atom is -0.451 e. The van der Waals surface area contributed by atoms with E-state index >= 15 is 0 Å². The van der Waals surface area contributed by atoms with E-state index in [1.54, 1.807) is 55.5 Å². The Balaban J connectivity index is 1.41. The molecule has 0 radical (unpaired) electrons. The molecule has 200 valence electrons. The molecule has 1 fully saturated rings. The predicted octanol–water partition coefficient (Wildman–Crippen LogP) is 4.08. The van der Waals surface area contributed by atoms with Crippen LogP contribution in [0.2, 0.25) is 0 Å². The normalized spacial score (nSPS) is 15.3. The molecule has 0 aliphatic heterocycles. The highest BCUT2D eigenvalue weighted by molar-refractivity contribution is 6.03. The van der Waals surface area contributed by atoms with Crippen molar-refractivity contribution in [2.45, 2.75) is 58.1 Å². The van der Waals surface area contributed by atoms with Crippen LogP contribution in [0.5, 0.6) is 0 Å². The molecule has 2 atom stereocenters. The zero-order valence-corrected chi connectivity index (χ0v) is 21.7. The minimum absolute atomic E-state index is 0.0360. The van der Waals surface area contributed by atoms with E-state index < -0.39 is 18.1 Å². The summed E-state index contributed by atoms with van der Waals surface area (Å²) in [5.41, 5.74) is 2.43. The van der Waals surface area contributed by atoms with E-state index in [2.05, 4.69) is 20.9 Å². The van der Waals surface area contributed by atoms with Crippen molar-refractivity contribution in [2.75, 3.05) is 11.9 Å². The average molecular weight is 519 g/mol. The van der Waals surface area contributed by atoms with Gasteiger partial charge in [-0.2, -0.15) is 0 Å². The van der Waals surface area contributed by atoms with Crippen molar-refractivity contribution in [3.8, 4) is 11.3 Å². The van der Waals surface area contributed by atoms with Crippen molar-refractivity contribution in [3.63, 3.8) is 0 Å². The molecule has 4 N–H and O–H groups in total. The number of rotatable bonds is 9. The summed E-state index contributed by atoms with van der Waals surface area (Å²) >= 11 is 0. The number of nitrogens with one attached hydrogen (secondary N) is 3. The zero-order valence-electron chi connectivity index (χ0n) is 21.7. The molecule has 2 unspecified atom stereocenters. The Morgan fingerprint density at radius 2 is 1.74 bits per heavy atom. The van der Waals surface area contributed by atoms with Crippen LogP contribution in [-0.2, 0) is 4.79 Å². The molecule has 0 spiro atoms. The van der Waals surface area contributed by atoms with Crippen molar-refractivity contribution in [1.29, 1.82) is 0 Å². The van der Waals surface area contributed by atoms with Crippen LogP contribution in [0.1, 0.15) is 65.8 Å². The Morgan fingerprint density at radius 3 is 2.42 bits per heavy atom. The van der Waals surface area contributed by atoms with Crippen LogP contribution in [0.4, 0.5) is 5.69 Å². The Labute approximate surface area is 222 Å². The van der Waals surface area contributed by atoms with Gasteiger partial charge in [0.1, 0.15) is 17.5 Å². The first-order valence-corrected chi connectivity index (χ1v) is 13.0. The van der Waals surface area contributed by atoms with Crippen LogP contribution < -0.4 is 16.0 Å². The van der Waals surface area contributed by atoms with Gasteiger partial charge in [0, 0.05) is 23.5 Å². The number of amides is 3. The maximum Gasteiger partial charge on any atom is 0.287 e. The van der Waals surface area contributed by atoms with Crippen LogP contribution in [-0.4, -0.2) is 46.5 Å². The van der Waals surface area contributed by atoms with E-state index in [0.29, 0.717) is 17.1 Å². The predicted molar refractivity (Wildman–Crippen MR) is 144 cm³/mol. The summed E-state index contributed by atoms with van der Waals surface area (Å²) in [6.45, 7) is 3.55. The lowest BCUT2D eigenvalue weighted by atomic mass is 9.83.